The van der Waals surface area contributed by atoms with Gasteiger partial charge in [-0.3, -0.25) is 9.52 Å². The number of carbonyl (C=O) groups is 1. The number of carbonyl (C=O) groups excluding carboxylic acids is 1. The van der Waals surface area contributed by atoms with Crippen molar-refractivity contribution in [1.82, 2.24) is 10.2 Å². The van der Waals surface area contributed by atoms with Crippen molar-refractivity contribution >= 4 is 33.2 Å². The summed E-state index contributed by atoms with van der Waals surface area (Å²) in [5.74, 6) is -0.0893. The van der Waals surface area contributed by atoms with Crippen molar-refractivity contribution in [2.75, 3.05) is 24.4 Å². The summed E-state index contributed by atoms with van der Waals surface area (Å²) in [4.78, 5) is 14.5. The average Bonchev–Trinajstić information content (AvgIpc) is 2.63. The van der Waals surface area contributed by atoms with Crippen molar-refractivity contribution in [2.45, 2.75) is 17.9 Å². The van der Waals surface area contributed by atoms with Gasteiger partial charge in [0.2, 0.25) is 0 Å². The molecule has 1 atom stereocenters. The van der Waals surface area contributed by atoms with E-state index in [0.717, 1.165) is 13.1 Å². The van der Waals surface area contributed by atoms with Gasteiger partial charge >= 0.3 is 0 Å². The normalized spacial score (nSPS) is 17.8. The Bertz CT molecular complexity index is 883. The zero-order chi connectivity index (χ0) is 18.7. The molecule has 6 nitrogen and oxygen atoms in total. The van der Waals surface area contributed by atoms with Crippen molar-refractivity contribution in [1.29, 1.82) is 0 Å². The predicted molar refractivity (Wildman–Crippen MR) is 102 cm³/mol. The van der Waals surface area contributed by atoms with Gasteiger partial charge in [-0.05, 0) is 55.5 Å². The third kappa shape index (κ3) is 4.17. The van der Waals surface area contributed by atoms with Crippen LogP contribution in [0.5, 0.6) is 0 Å². The maximum absolute atomic E-state index is 12.6. The minimum Gasteiger partial charge on any atom is -0.333 e. The lowest BCUT2D eigenvalue weighted by atomic mass is 10.1. The molecule has 8 heteroatoms. The monoisotopic (exact) mass is 393 g/mol. The van der Waals surface area contributed by atoms with E-state index in [4.69, 9.17) is 11.6 Å². The summed E-state index contributed by atoms with van der Waals surface area (Å²) in [7, 11) is -3.73. The number of hydrogen-bond donors (Lipinski definition) is 2. The number of hydrogen-bond acceptors (Lipinski definition) is 4. The highest BCUT2D eigenvalue weighted by Crippen LogP contribution is 2.19. The summed E-state index contributed by atoms with van der Waals surface area (Å²) in [6, 6.07) is 12.5. The minimum absolute atomic E-state index is 0.0893. The van der Waals surface area contributed by atoms with E-state index in [9.17, 15) is 13.2 Å². The van der Waals surface area contributed by atoms with Gasteiger partial charge in [0.1, 0.15) is 0 Å². The number of anilines is 1. The standard InChI is InChI=1S/C18H20ClN3O3S/c1-13-12-20-10-11-22(13)18(23)14-2-8-17(9-3-14)26(24,25)21-16-6-4-15(19)5-7-16/h2-9,13,20-21H,10-12H2,1H3. The molecule has 1 unspecified atom stereocenters. The summed E-state index contributed by atoms with van der Waals surface area (Å²) >= 11 is 5.80. The second-order valence-electron chi connectivity index (χ2n) is 6.19. The van der Waals surface area contributed by atoms with Crippen LogP contribution >= 0.6 is 11.6 Å². The molecule has 1 saturated heterocycles. The molecule has 0 aliphatic carbocycles. The van der Waals surface area contributed by atoms with E-state index in [0.29, 0.717) is 22.8 Å². The molecule has 2 N–H and O–H groups in total. The summed E-state index contributed by atoms with van der Waals surface area (Å²) in [6.07, 6.45) is 0. The van der Waals surface area contributed by atoms with Gasteiger partial charge in [-0.2, -0.15) is 0 Å². The smallest absolute Gasteiger partial charge is 0.261 e. The van der Waals surface area contributed by atoms with E-state index in [1.54, 1.807) is 41.3 Å². The van der Waals surface area contributed by atoms with E-state index < -0.39 is 10.0 Å². The highest BCUT2D eigenvalue weighted by molar-refractivity contribution is 7.92. The van der Waals surface area contributed by atoms with E-state index in [1.165, 1.54) is 12.1 Å². The van der Waals surface area contributed by atoms with Gasteiger partial charge in [-0.25, -0.2) is 8.42 Å². The van der Waals surface area contributed by atoms with Gasteiger partial charge < -0.3 is 10.2 Å². The first-order chi connectivity index (χ1) is 12.4. The lowest BCUT2D eigenvalue weighted by Crippen LogP contribution is -2.52. The van der Waals surface area contributed by atoms with Crippen LogP contribution in [0.4, 0.5) is 5.69 Å². The maximum Gasteiger partial charge on any atom is 0.261 e. The summed E-state index contributed by atoms with van der Waals surface area (Å²) < 4.78 is 27.4. The number of benzene rings is 2. The fourth-order valence-corrected chi connectivity index (χ4v) is 4.00. The van der Waals surface area contributed by atoms with E-state index in [-0.39, 0.29) is 16.8 Å². The molecular weight excluding hydrogens is 374 g/mol. The van der Waals surface area contributed by atoms with E-state index >= 15 is 0 Å². The van der Waals surface area contributed by atoms with Crippen LogP contribution in [-0.4, -0.2) is 44.9 Å². The Balaban J connectivity index is 1.75. The number of sulfonamides is 1. The molecule has 1 heterocycles. The molecule has 0 bridgehead atoms. The molecule has 1 amide bonds. The van der Waals surface area contributed by atoms with Crippen LogP contribution in [0.25, 0.3) is 0 Å². The second-order valence-corrected chi connectivity index (χ2v) is 8.31. The molecule has 0 radical (unpaired) electrons. The fraction of sp³-hybridized carbons (Fsp3) is 0.278. The molecule has 2 aromatic rings. The molecule has 0 spiro atoms. The van der Waals surface area contributed by atoms with Crippen LogP contribution < -0.4 is 10.0 Å². The number of rotatable bonds is 4. The van der Waals surface area contributed by atoms with E-state index in [2.05, 4.69) is 10.0 Å². The second kappa shape index (κ2) is 7.65. The Hall–Kier alpha value is -2.09. The molecule has 26 heavy (non-hydrogen) atoms. The lowest BCUT2D eigenvalue weighted by molar-refractivity contribution is 0.0655. The summed E-state index contributed by atoms with van der Waals surface area (Å²) in [5, 5.41) is 3.76. The number of amides is 1. The van der Waals surface area contributed by atoms with Gasteiger partial charge in [-0.1, -0.05) is 11.6 Å². The number of nitrogens with zero attached hydrogens (tertiary/aromatic N) is 1. The number of piperazine rings is 1. The van der Waals surface area contributed by atoms with Crippen molar-refractivity contribution in [3.05, 3.63) is 59.1 Å². The summed E-state index contributed by atoms with van der Waals surface area (Å²) in [5.41, 5.74) is 0.897. The SMILES string of the molecule is CC1CNCCN1C(=O)c1ccc(S(=O)(=O)Nc2ccc(Cl)cc2)cc1. The lowest BCUT2D eigenvalue weighted by Gasteiger charge is -2.34. The zero-order valence-corrected chi connectivity index (χ0v) is 15.8. The third-order valence-electron chi connectivity index (χ3n) is 4.27. The highest BCUT2D eigenvalue weighted by atomic mass is 35.5. The Kier molecular flexibility index (Phi) is 5.50. The molecule has 2 aromatic carbocycles. The summed E-state index contributed by atoms with van der Waals surface area (Å²) in [6.45, 7) is 4.13. The topological polar surface area (TPSA) is 78.5 Å². The van der Waals surface area contributed by atoms with Crippen molar-refractivity contribution in [3.63, 3.8) is 0 Å². The molecule has 1 aliphatic rings. The van der Waals surface area contributed by atoms with Gasteiger partial charge in [0.15, 0.2) is 0 Å². The third-order valence-corrected chi connectivity index (χ3v) is 5.92. The van der Waals surface area contributed by atoms with Gasteiger partial charge in [0, 0.05) is 41.9 Å². The molecule has 0 aromatic heterocycles. The quantitative estimate of drug-likeness (QED) is 0.836. The first-order valence-electron chi connectivity index (χ1n) is 8.27. The minimum atomic E-state index is -3.73. The maximum atomic E-state index is 12.6. The molecular formula is C18H20ClN3O3S. The van der Waals surface area contributed by atoms with Crippen molar-refractivity contribution in [2.24, 2.45) is 0 Å². The van der Waals surface area contributed by atoms with Crippen LogP contribution in [0, 0.1) is 0 Å². The average molecular weight is 394 g/mol. The van der Waals surface area contributed by atoms with Crippen LogP contribution in [0.15, 0.2) is 53.4 Å². The zero-order valence-electron chi connectivity index (χ0n) is 14.3. The predicted octanol–water partition coefficient (Wildman–Crippen LogP) is 2.57. The first-order valence-corrected chi connectivity index (χ1v) is 10.1. The molecule has 1 fully saturated rings. The Morgan fingerprint density at radius 1 is 1.15 bits per heavy atom. The van der Waals surface area contributed by atoms with Crippen LogP contribution in [0.2, 0.25) is 5.02 Å². The number of nitrogens with one attached hydrogen (secondary N) is 2. The molecule has 138 valence electrons. The Labute approximate surface area is 158 Å². The highest BCUT2D eigenvalue weighted by Gasteiger charge is 2.24. The van der Waals surface area contributed by atoms with Crippen molar-refractivity contribution in [3.8, 4) is 0 Å². The largest absolute Gasteiger partial charge is 0.333 e. The molecule has 1 aliphatic heterocycles. The Morgan fingerprint density at radius 3 is 2.42 bits per heavy atom. The van der Waals surface area contributed by atoms with Crippen LogP contribution in [0.1, 0.15) is 17.3 Å². The fourth-order valence-electron chi connectivity index (χ4n) is 2.82. The number of halogens is 1. The molecule has 3 rings (SSSR count). The first kappa shape index (κ1) is 18.7. The van der Waals surface area contributed by atoms with Crippen LogP contribution in [-0.2, 0) is 10.0 Å². The molecule has 0 saturated carbocycles. The Morgan fingerprint density at radius 2 is 1.81 bits per heavy atom. The van der Waals surface area contributed by atoms with Crippen LogP contribution in [0.3, 0.4) is 0 Å². The van der Waals surface area contributed by atoms with Gasteiger partial charge in [-0.15, -0.1) is 0 Å². The van der Waals surface area contributed by atoms with E-state index in [1.807, 2.05) is 6.92 Å². The van der Waals surface area contributed by atoms with Gasteiger partial charge in [0.05, 0.1) is 4.90 Å². The van der Waals surface area contributed by atoms with Crippen molar-refractivity contribution < 1.29 is 13.2 Å². The van der Waals surface area contributed by atoms with Gasteiger partial charge in [0.25, 0.3) is 15.9 Å².